The van der Waals surface area contributed by atoms with E-state index in [1.165, 1.54) is 22.5 Å². The number of benzene rings is 1. The summed E-state index contributed by atoms with van der Waals surface area (Å²) in [5.74, 6) is -0.601. The van der Waals surface area contributed by atoms with Crippen LogP contribution in [-0.4, -0.2) is 44.8 Å². The maximum Gasteiger partial charge on any atom is 0.244 e. The molecule has 2 aliphatic heterocycles. The molecule has 21 heavy (non-hydrogen) atoms. The third-order valence-electron chi connectivity index (χ3n) is 3.81. The van der Waals surface area contributed by atoms with Crippen LogP contribution in [0.4, 0.5) is 0 Å². The standard InChI is InChI=1S/C13H15Cl2NO4S/c14-10-1-2-12(11(15)9-10)21(17,18)16-5-3-13(4-6-16)19-7-8-20-13/h1-2,9H,3-8H2. The van der Waals surface area contributed by atoms with E-state index in [9.17, 15) is 8.42 Å². The van der Waals surface area contributed by atoms with Gasteiger partial charge < -0.3 is 9.47 Å². The highest BCUT2D eigenvalue weighted by molar-refractivity contribution is 7.89. The van der Waals surface area contributed by atoms with Gasteiger partial charge in [-0.1, -0.05) is 23.2 Å². The number of hydrogen-bond acceptors (Lipinski definition) is 4. The first-order valence-electron chi connectivity index (χ1n) is 6.66. The topological polar surface area (TPSA) is 55.8 Å². The summed E-state index contributed by atoms with van der Waals surface area (Å²) in [5.41, 5.74) is 0. The predicted molar refractivity (Wildman–Crippen MR) is 79.1 cm³/mol. The Hall–Kier alpha value is -0.370. The van der Waals surface area contributed by atoms with Gasteiger partial charge in [-0.2, -0.15) is 4.31 Å². The Balaban J connectivity index is 1.80. The number of sulfonamides is 1. The number of halogens is 2. The lowest BCUT2D eigenvalue weighted by atomic mass is 10.1. The molecule has 0 atom stereocenters. The fraction of sp³-hybridized carbons (Fsp3) is 0.538. The second-order valence-corrected chi connectivity index (χ2v) is 7.84. The molecule has 0 aliphatic carbocycles. The van der Waals surface area contributed by atoms with Gasteiger partial charge in [0.1, 0.15) is 4.90 Å². The monoisotopic (exact) mass is 351 g/mol. The van der Waals surface area contributed by atoms with Crippen LogP contribution in [-0.2, 0) is 19.5 Å². The second-order valence-electron chi connectivity index (χ2n) is 5.09. The van der Waals surface area contributed by atoms with Gasteiger partial charge in [0, 0.05) is 31.0 Å². The van der Waals surface area contributed by atoms with Crippen LogP contribution in [0.2, 0.25) is 10.0 Å². The summed E-state index contributed by atoms with van der Waals surface area (Å²) in [5, 5.41) is 0.542. The molecule has 2 saturated heterocycles. The highest BCUT2D eigenvalue weighted by atomic mass is 35.5. The fourth-order valence-electron chi connectivity index (χ4n) is 2.68. The molecule has 116 valence electrons. The van der Waals surface area contributed by atoms with Crippen LogP contribution >= 0.6 is 23.2 Å². The average molecular weight is 352 g/mol. The fourth-order valence-corrected chi connectivity index (χ4v) is 4.86. The third kappa shape index (κ3) is 2.93. The van der Waals surface area contributed by atoms with Crippen molar-refractivity contribution in [2.24, 2.45) is 0 Å². The van der Waals surface area contributed by atoms with Gasteiger partial charge in [-0.05, 0) is 18.2 Å². The molecule has 0 unspecified atom stereocenters. The van der Waals surface area contributed by atoms with Gasteiger partial charge in [-0.25, -0.2) is 8.42 Å². The summed E-state index contributed by atoms with van der Waals surface area (Å²) in [6.07, 6.45) is 1.05. The highest BCUT2D eigenvalue weighted by Gasteiger charge is 2.42. The predicted octanol–water partition coefficient (Wildman–Crippen LogP) is 2.52. The zero-order valence-electron chi connectivity index (χ0n) is 11.2. The molecule has 3 rings (SSSR count). The van der Waals surface area contributed by atoms with E-state index < -0.39 is 15.8 Å². The normalized spacial score (nSPS) is 22.8. The van der Waals surface area contributed by atoms with Crippen LogP contribution in [0.25, 0.3) is 0 Å². The molecule has 8 heteroatoms. The zero-order chi connectivity index (χ0) is 15.1. The number of hydrogen-bond donors (Lipinski definition) is 0. The Bertz CT molecular complexity index is 634. The molecule has 0 radical (unpaired) electrons. The van der Waals surface area contributed by atoms with E-state index in [2.05, 4.69) is 0 Å². The smallest absolute Gasteiger partial charge is 0.244 e. The number of nitrogens with zero attached hydrogens (tertiary/aromatic N) is 1. The molecule has 2 heterocycles. The molecule has 0 amide bonds. The number of rotatable bonds is 2. The summed E-state index contributed by atoms with van der Waals surface area (Å²) in [7, 11) is -3.62. The van der Waals surface area contributed by atoms with Gasteiger partial charge in [0.25, 0.3) is 0 Å². The molecule has 0 N–H and O–H groups in total. The van der Waals surface area contributed by atoms with Crippen molar-refractivity contribution in [3.63, 3.8) is 0 Å². The van der Waals surface area contributed by atoms with Gasteiger partial charge >= 0.3 is 0 Å². The minimum absolute atomic E-state index is 0.0813. The molecular weight excluding hydrogens is 337 g/mol. The Labute approximate surface area is 133 Å². The number of ether oxygens (including phenoxy) is 2. The van der Waals surface area contributed by atoms with E-state index in [1.807, 2.05) is 0 Å². The van der Waals surface area contributed by atoms with Gasteiger partial charge in [0.15, 0.2) is 5.79 Å². The van der Waals surface area contributed by atoms with Crippen LogP contribution in [0.1, 0.15) is 12.8 Å². The zero-order valence-corrected chi connectivity index (χ0v) is 13.5. The van der Waals surface area contributed by atoms with Crippen LogP contribution in [0.3, 0.4) is 0 Å². The van der Waals surface area contributed by atoms with E-state index in [-0.39, 0.29) is 9.92 Å². The molecule has 1 spiro atoms. The quantitative estimate of drug-likeness (QED) is 0.821. The number of piperidine rings is 1. The van der Waals surface area contributed by atoms with Crippen LogP contribution in [0, 0.1) is 0 Å². The Morgan fingerprint density at radius 3 is 2.29 bits per heavy atom. The summed E-state index contributed by atoms with van der Waals surface area (Å²) in [4.78, 5) is 0.0813. The summed E-state index contributed by atoms with van der Waals surface area (Å²) in [6, 6.07) is 4.40. The van der Waals surface area contributed by atoms with Crippen molar-refractivity contribution in [2.45, 2.75) is 23.5 Å². The van der Waals surface area contributed by atoms with Crippen molar-refractivity contribution in [1.29, 1.82) is 0 Å². The lowest BCUT2D eigenvalue weighted by Crippen LogP contribution is -2.47. The minimum Gasteiger partial charge on any atom is -0.347 e. The molecule has 1 aromatic carbocycles. The van der Waals surface area contributed by atoms with Crippen molar-refractivity contribution in [3.05, 3.63) is 28.2 Å². The summed E-state index contributed by atoms with van der Waals surface area (Å²) in [6.45, 7) is 1.83. The maximum absolute atomic E-state index is 12.6. The van der Waals surface area contributed by atoms with Gasteiger partial charge in [-0.3, -0.25) is 0 Å². The first kappa shape index (κ1) is 15.5. The largest absolute Gasteiger partial charge is 0.347 e. The first-order chi connectivity index (χ1) is 9.93. The molecule has 2 fully saturated rings. The molecule has 5 nitrogen and oxygen atoms in total. The summed E-state index contributed by atoms with van der Waals surface area (Å²) < 4.78 is 37.9. The van der Waals surface area contributed by atoms with Crippen molar-refractivity contribution in [2.75, 3.05) is 26.3 Å². The lowest BCUT2D eigenvalue weighted by molar-refractivity contribution is -0.179. The second kappa shape index (κ2) is 5.68. The molecule has 1 aromatic rings. The lowest BCUT2D eigenvalue weighted by Gasteiger charge is -2.36. The van der Waals surface area contributed by atoms with Crippen molar-refractivity contribution < 1.29 is 17.9 Å². The molecule has 0 bridgehead atoms. The molecular formula is C13H15Cl2NO4S. The third-order valence-corrected chi connectivity index (χ3v) is 6.43. The van der Waals surface area contributed by atoms with Crippen molar-refractivity contribution >= 4 is 33.2 Å². The first-order valence-corrected chi connectivity index (χ1v) is 8.86. The van der Waals surface area contributed by atoms with E-state index >= 15 is 0 Å². The average Bonchev–Trinajstić information content (AvgIpc) is 2.87. The maximum atomic E-state index is 12.6. The van der Waals surface area contributed by atoms with E-state index in [0.717, 1.165) is 0 Å². The summed E-state index contributed by atoms with van der Waals surface area (Å²) >= 11 is 11.8. The Morgan fingerprint density at radius 1 is 1.10 bits per heavy atom. The van der Waals surface area contributed by atoms with Crippen LogP contribution < -0.4 is 0 Å². The SMILES string of the molecule is O=S(=O)(c1ccc(Cl)cc1Cl)N1CCC2(CC1)OCCO2. The minimum atomic E-state index is -3.62. The van der Waals surface area contributed by atoms with Crippen molar-refractivity contribution in [1.82, 2.24) is 4.31 Å². The van der Waals surface area contributed by atoms with Gasteiger partial charge in [0.05, 0.1) is 18.2 Å². The van der Waals surface area contributed by atoms with Gasteiger partial charge in [-0.15, -0.1) is 0 Å². The Morgan fingerprint density at radius 2 is 1.71 bits per heavy atom. The molecule has 0 saturated carbocycles. The van der Waals surface area contributed by atoms with E-state index in [0.29, 0.717) is 44.2 Å². The van der Waals surface area contributed by atoms with E-state index in [1.54, 1.807) is 0 Å². The van der Waals surface area contributed by atoms with Gasteiger partial charge in [0.2, 0.25) is 10.0 Å². The highest BCUT2D eigenvalue weighted by Crippen LogP contribution is 2.35. The molecule has 0 aromatic heterocycles. The van der Waals surface area contributed by atoms with Crippen LogP contribution in [0.15, 0.2) is 23.1 Å². The Kier molecular flexibility index (Phi) is 4.20. The molecule has 2 aliphatic rings. The van der Waals surface area contributed by atoms with Crippen LogP contribution in [0.5, 0.6) is 0 Å². The van der Waals surface area contributed by atoms with Crippen molar-refractivity contribution in [3.8, 4) is 0 Å². The van der Waals surface area contributed by atoms with E-state index in [4.69, 9.17) is 32.7 Å².